The van der Waals surface area contributed by atoms with Crippen molar-refractivity contribution in [1.82, 2.24) is 5.32 Å². The highest BCUT2D eigenvalue weighted by atomic mass is 16.2. The first-order chi connectivity index (χ1) is 8.21. The number of rotatable bonds is 3. The molecule has 0 saturated heterocycles. The third-order valence-electron chi connectivity index (χ3n) is 3.64. The topological polar surface area (TPSA) is 98.2 Å². The van der Waals surface area contributed by atoms with Gasteiger partial charge in [-0.05, 0) is 24.7 Å². The zero-order chi connectivity index (χ0) is 13.9. The van der Waals surface area contributed by atoms with Crippen molar-refractivity contribution < 1.29 is 9.59 Å². The normalized spacial score (nSPS) is 26.4. The summed E-state index contributed by atoms with van der Waals surface area (Å²) in [6, 6.07) is -0.511. The average Bonchev–Trinajstić information content (AvgIpc) is 2.27. The monoisotopic (exact) mass is 255 g/mol. The molecule has 104 valence electrons. The lowest BCUT2D eigenvalue weighted by Gasteiger charge is -2.31. The Labute approximate surface area is 109 Å². The largest absolute Gasteiger partial charge is 0.369 e. The number of primary amides is 1. The molecule has 1 aliphatic carbocycles. The molecule has 2 amide bonds. The van der Waals surface area contributed by atoms with Crippen molar-refractivity contribution in [2.45, 2.75) is 58.5 Å². The Morgan fingerprint density at radius 3 is 2.39 bits per heavy atom. The number of carbonyl (C=O) groups excluding carboxylic acids is 2. The zero-order valence-electron chi connectivity index (χ0n) is 11.5. The van der Waals surface area contributed by atoms with Gasteiger partial charge in [0, 0.05) is 12.0 Å². The lowest BCUT2D eigenvalue weighted by molar-refractivity contribution is -0.127. The smallest absolute Gasteiger partial charge is 0.237 e. The van der Waals surface area contributed by atoms with E-state index in [0.717, 1.165) is 19.3 Å². The van der Waals surface area contributed by atoms with Gasteiger partial charge in [0.2, 0.25) is 11.8 Å². The Morgan fingerprint density at radius 2 is 1.89 bits per heavy atom. The van der Waals surface area contributed by atoms with Gasteiger partial charge < -0.3 is 16.8 Å². The molecule has 0 aromatic carbocycles. The molecular formula is C13H25N3O2. The van der Waals surface area contributed by atoms with Crippen molar-refractivity contribution in [3.8, 4) is 0 Å². The van der Waals surface area contributed by atoms with E-state index >= 15 is 0 Å². The Balaban J connectivity index is 2.52. The summed E-state index contributed by atoms with van der Waals surface area (Å²) in [7, 11) is 0. The maximum absolute atomic E-state index is 12.0. The second kappa shape index (κ2) is 5.69. The number of nitrogens with one attached hydrogen (secondary N) is 1. The third-order valence-corrected chi connectivity index (χ3v) is 3.64. The molecule has 0 aliphatic heterocycles. The highest BCUT2D eigenvalue weighted by Crippen LogP contribution is 2.24. The van der Waals surface area contributed by atoms with E-state index in [2.05, 4.69) is 5.32 Å². The predicted octanol–water partition coefficient (Wildman–Crippen LogP) is 0.520. The summed E-state index contributed by atoms with van der Waals surface area (Å²) in [5.74, 6) is -0.526. The highest BCUT2D eigenvalue weighted by molar-refractivity contribution is 5.82. The fourth-order valence-corrected chi connectivity index (χ4v) is 2.26. The van der Waals surface area contributed by atoms with Crippen molar-refractivity contribution in [1.29, 1.82) is 0 Å². The second-order valence-electron chi connectivity index (χ2n) is 6.32. The van der Waals surface area contributed by atoms with E-state index < -0.39 is 6.04 Å². The van der Waals surface area contributed by atoms with Gasteiger partial charge in [-0.3, -0.25) is 9.59 Å². The molecular weight excluding hydrogens is 230 g/mol. The van der Waals surface area contributed by atoms with Gasteiger partial charge in [0.25, 0.3) is 0 Å². The van der Waals surface area contributed by atoms with Crippen molar-refractivity contribution in [3.63, 3.8) is 0 Å². The number of carbonyl (C=O) groups is 2. The van der Waals surface area contributed by atoms with Crippen LogP contribution in [0.1, 0.15) is 46.5 Å². The highest BCUT2D eigenvalue weighted by Gasteiger charge is 2.31. The van der Waals surface area contributed by atoms with E-state index in [4.69, 9.17) is 11.5 Å². The van der Waals surface area contributed by atoms with Crippen molar-refractivity contribution in [2.75, 3.05) is 0 Å². The summed E-state index contributed by atoms with van der Waals surface area (Å²) < 4.78 is 0. The minimum absolute atomic E-state index is 0.0251. The maximum Gasteiger partial charge on any atom is 0.237 e. The molecule has 1 rings (SSSR count). The fraction of sp³-hybridized carbons (Fsp3) is 0.846. The van der Waals surface area contributed by atoms with Crippen LogP contribution in [0.5, 0.6) is 0 Å². The van der Waals surface area contributed by atoms with Gasteiger partial charge in [-0.25, -0.2) is 0 Å². The molecule has 0 bridgehead atoms. The van der Waals surface area contributed by atoms with E-state index in [1.165, 1.54) is 0 Å². The molecule has 0 radical (unpaired) electrons. The van der Waals surface area contributed by atoms with E-state index in [1.54, 1.807) is 0 Å². The Kier molecular flexibility index (Phi) is 4.73. The number of hydrogen-bond donors (Lipinski definition) is 3. The lowest BCUT2D eigenvalue weighted by atomic mass is 9.83. The zero-order valence-corrected chi connectivity index (χ0v) is 11.5. The molecule has 5 nitrogen and oxygen atoms in total. The molecule has 0 spiro atoms. The van der Waals surface area contributed by atoms with Crippen molar-refractivity contribution >= 4 is 11.8 Å². The first-order valence-corrected chi connectivity index (χ1v) is 6.57. The minimum Gasteiger partial charge on any atom is -0.369 e. The SMILES string of the molecule is CC(C)(C)[C@H](N)C(=O)NC1CCCC(C(N)=O)C1. The summed E-state index contributed by atoms with van der Waals surface area (Å²) in [6.07, 6.45) is 3.28. The summed E-state index contributed by atoms with van der Waals surface area (Å²) >= 11 is 0. The number of amides is 2. The molecule has 0 heterocycles. The Morgan fingerprint density at radius 1 is 1.28 bits per heavy atom. The van der Waals surface area contributed by atoms with Crippen molar-refractivity contribution in [2.24, 2.45) is 22.8 Å². The quantitative estimate of drug-likeness (QED) is 0.685. The average molecular weight is 255 g/mol. The van der Waals surface area contributed by atoms with Gasteiger partial charge in [0.05, 0.1) is 6.04 Å². The van der Waals surface area contributed by atoms with E-state index in [9.17, 15) is 9.59 Å². The van der Waals surface area contributed by atoms with Gasteiger partial charge in [0.15, 0.2) is 0 Å². The summed E-state index contributed by atoms with van der Waals surface area (Å²) in [6.45, 7) is 5.80. The van der Waals surface area contributed by atoms with Crippen LogP contribution < -0.4 is 16.8 Å². The van der Waals surface area contributed by atoms with Crippen LogP contribution in [0, 0.1) is 11.3 Å². The standard InChI is InChI=1S/C13H25N3O2/c1-13(2,3)10(14)12(18)16-9-6-4-5-8(7-9)11(15)17/h8-10H,4-7,14H2,1-3H3,(H2,15,17)(H,16,18)/t8?,9?,10-/m1/s1. The summed E-state index contributed by atoms with van der Waals surface area (Å²) in [4.78, 5) is 23.1. The number of nitrogens with two attached hydrogens (primary N) is 2. The first-order valence-electron chi connectivity index (χ1n) is 6.57. The van der Waals surface area contributed by atoms with Gasteiger partial charge in [0.1, 0.15) is 0 Å². The van der Waals surface area contributed by atoms with Crippen LogP contribution in [0.3, 0.4) is 0 Å². The minimum atomic E-state index is -0.536. The van der Waals surface area contributed by atoms with Crippen LogP contribution >= 0.6 is 0 Å². The molecule has 5 heteroatoms. The first kappa shape index (κ1) is 15.0. The second-order valence-corrected chi connectivity index (χ2v) is 6.32. The fourth-order valence-electron chi connectivity index (χ4n) is 2.26. The van der Waals surface area contributed by atoms with Crippen molar-refractivity contribution in [3.05, 3.63) is 0 Å². The van der Waals surface area contributed by atoms with Crippen LogP contribution in [0.15, 0.2) is 0 Å². The molecule has 1 fully saturated rings. The molecule has 0 aromatic rings. The van der Waals surface area contributed by atoms with E-state index in [0.29, 0.717) is 6.42 Å². The van der Waals surface area contributed by atoms with Crippen LogP contribution in [-0.4, -0.2) is 23.9 Å². The Bertz CT molecular complexity index is 323. The molecule has 3 atom stereocenters. The predicted molar refractivity (Wildman–Crippen MR) is 70.5 cm³/mol. The van der Waals surface area contributed by atoms with E-state index in [1.807, 2.05) is 20.8 Å². The van der Waals surface area contributed by atoms with Gasteiger partial charge in [-0.1, -0.05) is 27.2 Å². The van der Waals surface area contributed by atoms with Crippen LogP contribution in [0.4, 0.5) is 0 Å². The van der Waals surface area contributed by atoms with Gasteiger partial charge in [-0.2, -0.15) is 0 Å². The Hall–Kier alpha value is -1.10. The van der Waals surface area contributed by atoms with Crippen LogP contribution in [-0.2, 0) is 9.59 Å². The molecule has 2 unspecified atom stereocenters. The molecule has 1 saturated carbocycles. The molecule has 0 aromatic heterocycles. The van der Waals surface area contributed by atoms with Crippen LogP contribution in [0.2, 0.25) is 0 Å². The molecule has 18 heavy (non-hydrogen) atoms. The van der Waals surface area contributed by atoms with Crippen LogP contribution in [0.25, 0.3) is 0 Å². The van der Waals surface area contributed by atoms with E-state index in [-0.39, 0.29) is 29.2 Å². The molecule has 1 aliphatic rings. The summed E-state index contributed by atoms with van der Waals surface area (Å²) in [5.41, 5.74) is 11.0. The maximum atomic E-state index is 12.0. The van der Waals surface area contributed by atoms with Gasteiger partial charge in [-0.15, -0.1) is 0 Å². The number of hydrogen-bond acceptors (Lipinski definition) is 3. The summed E-state index contributed by atoms with van der Waals surface area (Å²) in [5, 5.41) is 2.94. The lowest BCUT2D eigenvalue weighted by Crippen LogP contribution is -2.52. The third kappa shape index (κ3) is 3.98. The van der Waals surface area contributed by atoms with Gasteiger partial charge >= 0.3 is 0 Å². The molecule has 5 N–H and O–H groups in total.